The second-order valence-corrected chi connectivity index (χ2v) is 7.44. The number of unbranched alkanes of at least 4 members (excludes halogenated alkanes) is 2. The van der Waals surface area contributed by atoms with Gasteiger partial charge in [0.05, 0.1) is 12.6 Å². The van der Waals surface area contributed by atoms with Crippen LogP contribution in [0.25, 0.3) is 0 Å². The van der Waals surface area contributed by atoms with Crippen LogP contribution in [0.1, 0.15) is 43.7 Å². The standard InChI is InChI=1S/C25H28N4O3/c1-2-3-4-13-24(30)28-22-11-6-12-23(27-22)29-25(31)16-19-8-5-9-20(15-19)18-32-21-10-7-14-26-17-21/h5-12,14-15,17H,2-4,13,16,18H2,1H3,(H2,27,28,29,30,31). The zero-order chi connectivity index (χ0) is 22.6. The monoisotopic (exact) mass is 432 g/mol. The molecule has 32 heavy (non-hydrogen) atoms. The van der Waals surface area contributed by atoms with Crippen LogP contribution in [0.3, 0.4) is 0 Å². The Morgan fingerprint density at radius 2 is 1.66 bits per heavy atom. The summed E-state index contributed by atoms with van der Waals surface area (Å²) < 4.78 is 5.72. The number of hydrogen-bond acceptors (Lipinski definition) is 5. The molecule has 0 saturated heterocycles. The molecule has 0 aliphatic heterocycles. The zero-order valence-corrected chi connectivity index (χ0v) is 18.2. The molecule has 2 aromatic heterocycles. The lowest BCUT2D eigenvalue weighted by Gasteiger charge is -2.09. The van der Waals surface area contributed by atoms with Crippen LogP contribution in [-0.4, -0.2) is 21.8 Å². The van der Waals surface area contributed by atoms with Gasteiger partial charge in [-0.15, -0.1) is 0 Å². The van der Waals surface area contributed by atoms with Gasteiger partial charge in [-0.2, -0.15) is 0 Å². The van der Waals surface area contributed by atoms with E-state index < -0.39 is 0 Å². The molecule has 7 heteroatoms. The van der Waals surface area contributed by atoms with Crippen LogP contribution in [0.4, 0.5) is 11.6 Å². The summed E-state index contributed by atoms with van der Waals surface area (Å²) in [6.45, 7) is 2.49. The number of amides is 2. The molecular weight excluding hydrogens is 404 g/mol. The van der Waals surface area contributed by atoms with E-state index >= 15 is 0 Å². The van der Waals surface area contributed by atoms with E-state index in [0.29, 0.717) is 30.4 Å². The van der Waals surface area contributed by atoms with Gasteiger partial charge < -0.3 is 15.4 Å². The molecule has 3 aromatic rings. The molecule has 0 fully saturated rings. The van der Waals surface area contributed by atoms with Crippen molar-refractivity contribution in [1.29, 1.82) is 0 Å². The molecule has 3 rings (SSSR count). The van der Waals surface area contributed by atoms with Crippen LogP contribution < -0.4 is 15.4 Å². The minimum absolute atomic E-state index is 0.0697. The summed E-state index contributed by atoms with van der Waals surface area (Å²) in [5.74, 6) is 1.27. The molecule has 7 nitrogen and oxygen atoms in total. The Hall–Kier alpha value is -3.74. The Balaban J connectivity index is 1.51. The maximum atomic E-state index is 12.5. The molecule has 0 unspecified atom stereocenters. The number of carbonyl (C=O) groups excluding carboxylic acids is 2. The second kappa shape index (κ2) is 12.2. The number of nitrogens with zero attached hydrogens (tertiary/aromatic N) is 2. The van der Waals surface area contributed by atoms with Crippen molar-refractivity contribution < 1.29 is 14.3 Å². The van der Waals surface area contributed by atoms with Crippen LogP contribution in [0.5, 0.6) is 5.75 Å². The van der Waals surface area contributed by atoms with Crippen LogP contribution >= 0.6 is 0 Å². The first-order valence-electron chi connectivity index (χ1n) is 10.8. The minimum Gasteiger partial charge on any atom is -0.487 e. The Labute approximate surface area is 188 Å². The summed E-state index contributed by atoms with van der Waals surface area (Å²) in [4.78, 5) is 32.8. The van der Waals surface area contributed by atoms with Crippen LogP contribution in [0.15, 0.2) is 67.0 Å². The highest BCUT2D eigenvalue weighted by atomic mass is 16.5. The van der Waals surface area contributed by atoms with Crippen molar-refractivity contribution >= 4 is 23.5 Å². The van der Waals surface area contributed by atoms with E-state index in [4.69, 9.17) is 4.74 Å². The van der Waals surface area contributed by atoms with Crippen LogP contribution in [-0.2, 0) is 22.6 Å². The number of pyridine rings is 2. The van der Waals surface area contributed by atoms with Crippen molar-refractivity contribution in [2.75, 3.05) is 10.6 Å². The topological polar surface area (TPSA) is 93.2 Å². The van der Waals surface area contributed by atoms with E-state index in [0.717, 1.165) is 30.4 Å². The number of aromatic nitrogens is 2. The summed E-state index contributed by atoms with van der Waals surface area (Å²) in [7, 11) is 0. The van der Waals surface area contributed by atoms with Gasteiger partial charge in [0.25, 0.3) is 0 Å². The molecule has 0 saturated carbocycles. The summed E-state index contributed by atoms with van der Waals surface area (Å²) in [6.07, 6.45) is 6.96. The van der Waals surface area contributed by atoms with Crippen molar-refractivity contribution in [2.24, 2.45) is 0 Å². The van der Waals surface area contributed by atoms with E-state index in [1.54, 1.807) is 30.6 Å². The number of nitrogens with one attached hydrogen (secondary N) is 2. The average molecular weight is 433 g/mol. The van der Waals surface area contributed by atoms with Gasteiger partial charge in [-0.3, -0.25) is 14.6 Å². The fraction of sp³-hybridized carbons (Fsp3) is 0.280. The van der Waals surface area contributed by atoms with E-state index in [1.807, 2.05) is 36.4 Å². The lowest BCUT2D eigenvalue weighted by atomic mass is 10.1. The molecule has 0 bridgehead atoms. The predicted octanol–water partition coefficient (Wildman–Crippen LogP) is 4.76. The quantitative estimate of drug-likeness (QED) is 0.426. The van der Waals surface area contributed by atoms with E-state index in [1.165, 1.54) is 0 Å². The molecule has 2 amide bonds. The number of ether oxygens (including phenoxy) is 1. The van der Waals surface area contributed by atoms with Crippen LogP contribution in [0.2, 0.25) is 0 Å². The van der Waals surface area contributed by atoms with Gasteiger partial charge in [0, 0.05) is 12.6 Å². The molecule has 0 aliphatic carbocycles. The SMILES string of the molecule is CCCCCC(=O)Nc1cccc(NC(=O)Cc2cccc(COc3cccnc3)c2)n1. The lowest BCUT2D eigenvalue weighted by Crippen LogP contribution is -2.17. The average Bonchev–Trinajstić information content (AvgIpc) is 2.79. The molecule has 0 spiro atoms. The Bertz CT molecular complexity index is 1020. The van der Waals surface area contributed by atoms with Gasteiger partial charge in [-0.05, 0) is 41.8 Å². The molecule has 2 heterocycles. The third-order valence-corrected chi connectivity index (χ3v) is 4.69. The first-order chi connectivity index (χ1) is 15.6. The molecule has 2 N–H and O–H groups in total. The highest BCUT2D eigenvalue weighted by molar-refractivity contribution is 5.92. The van der Waals surface area contributed by atoms with E-state index in [2.05, 4.69) is 27.5 Å². The predicted molar refractivity (Wildman–Crippen MR) is 124 cm³/mol. The normalized spacial score (nSPS) is 10.4. The van der Waals surface area contributed by atoms with Crippen molar-refractivity contribution in [3.8, 4) is 5.75 Å². The fourth-order valence-electron chi connectivity index (χ4n) is 3.12. The van der Waals surface area contributed by atoms with Gasteiger partial charge in [0.1, 0.15) is 24.0 Å². The first-order valence-corrected chi connectivity index (χ1v) is 10.8. The molecule has 0 aliphatic rings. The van der Waals surface area contributed by atoms with Crippen LogP contribution in [0, 0.1) is 0 Å². The Kier molecular flexibility index (Phi) is 8.74. The summed E-state index contributed by atoms with van der Waals surface area (Å²) in [6, 6.07) is 16.5. The third-order valence-electron chi connectivity index (χ3n) is 4.69. The minimum atomic E-state index is -0.186. The van der Waals surface area contributed by atoms with Gasteiger partial charge >= 0.3 is 0 Å². The number of anilines is 2. The summed E-state index contributed by atoms with van der Waals surface area (Å²) in [5.41, 5.74) is 1.83. The van der Waals surface area contributed by atoms with Gasteiger partial charge in [-0.1, -0.05) is 50.1 Å². The van der Waals surface area contributed by atoms with E-state index in [9.17, 15) is 9.59 Å². The van der Waals surface area contributed by atoms with Gasteiger partial charge in [0.2, 0.25) is 11.8 Å². The molecular formula is C25H28N4O3. The van der Waals surface area contributed by atoms with Crippen molar-refractivity contribution in [1.82, 2.24) is 9.97 Å². The summed E-state index contributed by atoms with van der Waals surface area (Å²) >= 11 is 0. The molecule has 0 atom stereocenters. The smallest absolute Gasteiger partial charge is 0.229 e. The Morgan fingerprint density at radius 3 is 2.41 bits per heavy atom. The molecule has 166 valence electrons. The second-order valence-electron chi connectivity index (χ2n) is 7.44. The van der Waals surface area contributed by atoms with Gasteiger partial charge in [0.15, 0.2) is 0 Å². The maximum Gasteiger partial charge on any atom is 0.229 e. The van der Waals surface area contributed by atoms with E-state index in [-0.39, 0.29) is 18.2 Å². The number of hydrogen-bond donors (Lipinski definition) is 2. The number of rotatable bonds is 11. The number of carbonyl (C=O) groups is 2. The molecule has 1 aromatic carbocycles. The maximum absolute atomic E-state index is 12.5. The number of benzene rings is 1. The van der Waals surface area contributed by atoms with Crippen molar-refractivity contribution in [3.05, 3.63) is 78.1 Å². The third kappa shape index (κ3) is 7.83. The molecule has 0 radical (unpaired) electrons. The highest BCUT2D eigenvalue weighted by Crippen LogP contribution is 2.14. The van der Waals surface area contributed by atoms with Crippen molar-refractivity contribution in [3.63, 3.8) is 0 Å². The fourth-order valence-corrected chi connectivity index (χ4v) is 3.12. The zero-order valence-electron chi connectivity index (χ0n) is 18.2. The van der Waals surface area contributed by atoms with Gasteiger partial charge in [-0.25, -0.2) is 4.98 Å². The Morgan fingerprint density at radius 1 is 0.906 bits per heavy atom. The van der Waals surface area contributed by atoms with Crippen molar-refractivity contribution in [2.45, 2.75) is 45.6 Å². The highest BCUT2D eigenvalue weighted by Gasteiger charge is 2.08. The largest absolute Gasteiger partial charge is 0.487 e. The first kappa shape index (κ1) is 22.9. The lowest BCUT2D eigenvalue weighted by molar-refractivity contribution is -0.116. The summed E-state index contributed by atoms with van der Waals surface area (Å²) in [5, 5.41) is 5.57.